The van der Waals surface area contributed by atoms with Crippen LogP contribution in [0.2, 0.25) is 0 Å². The van der Waals surface area contributed by atoms with Crippen LogP contribution in [0.1, 0.15) is 37.0 Å². The van der Waals surface area contributed by atoms with E-state index in [1.165, 1.54) is 0 Å². The van der Waals surface area contributed by atoms with Crippen molar-refractivity contribution in [1.29, 1.82) is 0 Å². The van der Waals surface area contributed by atoms with Crippen molar-refractivity contribution in [3.05, 3.63) is 24.0 Å². The molecule has 1 saturated heterocycles. The topological polar surface area (TPSA) is 36.3 Å². The third-order valence-electron chi connectivity index (χ3n) is 3.78. The van der Waals surface area contributed by atoms with E-state index >= 15 is 0 Å². The second-order valence-electron chi connectivity index (χ2n) is 5.18. The van der Waals surface area contributed by atoms with E-state index in [1.807, 2.05) is 19.1 Å². The minimum atomic E-state index is -0.129. The largest absolute Gasteiger partial charge is 0.497 e. The van der Waals surface area contributed by atoms with Crippen LogP contribution in [0.4, 0.5) is 0 Å². The summed E-state index contributed by atoms with van der Waals surface area (Å²) in [7, 11) is 1.66. The number of ether oxygens (including phenoxy) is 2. The number of benzene rings is 1. The molecule has 0 amide bonds. The third-order valence-corrected chi connectivity index (χ3v) is 3.98. The van der Waals surface area contributed by atoms with E-state index in [0.717, 1.165) is 48.7 Å². The zero-order valence-corrected chi connectivity index (χ0v) is 12.6. The fraction of sp³-hybridized carbons (Fsp3) is 0.533. The summed E-state index contributed by atoms with van der Waals surface area (Å²) in [6, 6.07) is 6.29. The van der Waals surface area contributed by atoms with Gasteiger partial charge in [0.05, 0.1) is 36.2 Å². The van der Waals surface area contributed by atoms with Gasteiger partial charge < -0.3 is 14.0 Å². The first-order valence-corrected chi connectivity index (χ1v) is 7.42. The van der Waals surface area contributed by atoms with Gasteiger partial charge in [0.1, 0.15) is 11.6 Å². The molecule has 0 N–H and O–H groups in total. The molecule has 2 aromatic rings. The van der Waals surface area contributed by atoms with E-state index in [9.17, 15) is 0 Å². The SMILES string of the molecule is COc1ccc2c(c1)nc(C(C)Cl)n2C1CCCOC1. The molecule has 0 aliphatic carbocycles. The summed E-state index contributed by atoms with van der Waals surface area (Å²) in [6.45, 7) is 3.54. The Kier molecular flexibility index (Phi) is 3.85. The number of nitrogens with zero attached hydrogens (tertiary/aromatic N) is 2. The molecule has 2 heterocycles. The summed E-state index contributed by atoms with van der Waals surface area (Å²) in [5, 5.41) is -0.129. The summed E-state index contributed by atoms with van der Waals surface area (Å²) in [5.74, 6) is 1.72. The Hall–Kier alpha value is -1.26. The summed E-state index contributed by atoms with van der Waals surface area (Å²) in [5.41, 5.74) is 2.03. The molecular formula is C15H19ClN2O2. The summed E-state index contributed by atoms with van der Waals surface area (Å²) in [4.78, 5) is 4.69. The van der Waals surface area contributed by atoms with Gasteiger partial charge in [-0.05, 0) is 31.9 Å². The normalized spacial score (nSPS) is 21.1. The van der Waals surface area contributed by atoms with Gasteiger partial charge in [-0.25, -0.2) is 4.98 Å². The van der Waals surface area contributed by atoms with Crippen molar-refractivity contribution in [1.82, 2.24) is 9.55 Å². The fourth-order valence-corrected chi connectivity index (χ4v) is 2.97. The molecule has 0 bridgehead atoms. The number of alkyl halides is 1. The molecule has 0 radical (unpaired) electrons. The quantitative estimate of drug-likeness (QED) is 0.810. The number of fused-ring (bicyclic) bond motifs is 1. The smallest absolute Gasteiger partial charge is 0.128 e. The molecular weight excluding hydrogens is 276 g/mol. The molecule has 4 nitrogen and oxygen atoms in total. The highest BCUT2D eigenvalue weighted by molar-refractivity contribution is 6.20. The standard InChI is InChI=1S/C15H19ClN2O2/c1-10(16)15-17-13-8-12(19-2)5-6-14(13)18(15)11-4-3-7-20-9-11/h5-6,8,10-11H,3-4,7,9H2,1-2H3. The van der Waals surface area contributed by atoms with Crippen LogP contribution in [0, 0.1) is 0 Å². The van der Waals surface area contributed by atoms with Crippen molar-refractivity contribution in [2.24, 2.45) is 0 Å². The van der Waals surface area contributed by atoms with E-state index in [0.29, 0.717) is 6.04 Å². The Bertz CT molecular complexity index is 603. The molecule has 5 heteroatoms. The van der Waals surface area contributed by atoms with Crippen LogP contribution in [0.25, 0.3) is 11.0 Å². The number of rotatable bonds is 3. The maximum atomic E-state index is 6.32. The average Bonchev–Trinajstić information content (AvgIpc) is 2.86. The number of methoxy groups -OCH3 is 1. The molecule has 1 aliphatic heterocycles. The van der Waals surface area contributed by atoms with Crippen molar-refractivity contribution in [3.63, 3.8) is 0 Å². The predicted octanol–water partition coefficient (Wildman–Crippen LogP) is 3.70. The number of halogens is 1. The highest BCUT2D eigenvalue weighted by atomic mass is 35.5. The number of imidazole rings is 1. The van der Waals surface area contributed by atoms with Crippen LogP contribution in [-0.4, -0.2) is 29.9 Å². The van der Waals surface area contributed by atoms with Crippen LogP contribution < -0.4 is 4.74 Å². The van der Waals surface area contributed by atoms with Crippen LogP contribution in [0.5, 0.6) is 5.75 Å². The first-order chi connectivity index (χ1) is 9.70. The molecule has 1 fully saturated rings. The number of hydrogen-bond donors (Lipinski definition) is 0. The second kappa shape index (κ2) is 5.62. The maximum absolute atomic E-state index is 6.32. The second-order valence-corrected chi connectivity index (χ2v) is 5.84. The van der Waals surface area contributed by atoms with Gasteiger partial charge in [0.25, 0.3) is 0 Å². The maximum Gasteiger partial charge on any atom is 0.128 e. The van der Waals surface area contributed by atoms with Gasteiger partial charge in [-0.3, -0.25) is 0 Å². The summed E-state index contributed by atoms with van der Waals surface area (Å²) >= 11 is 6.32. The molecule has 1 aliphatic rings. The van der Waals surface area contributed by atoms with Crippen molar-refractivity contribution in [3.8, 4) is 5.75 Å². The molecule has 3 rings (SSSR count). The number of aromatic nitrogens is 2. The zero-order valence-electron chi connectivity index (χ0n) is 11.8. The van der Waals surface area contributed by atoms with Gasteiger partial charge in [-0.2, -0.15) is 0 Å². The Labute approximate surface area is 123 Å². The lowest BCUT2D eigenvalue weighted by atomic mass is 10.1. The lowest BCUT2D eigenvalue weighted by Gasteiger charge is -2.26. The third kappa shape index (κ3) is 2.38. The first-order valence-electron chi connectivity index (χ1n) is 6.98. The Morgan fingerprint density at radius 3 is 3.00 bits per heavy atom. The first kappa shape index (κ1) is 13.7. The molecule has 1 aromatic carbocycles. The van der Waals surface area contributed by atoms with E-state index in [-0.39, 0.29) is 5.38 Å². The van der Waals surface area contributed by atoms with E-state index in [1.54, 1.807) is 7.11 Å². The van der Waals surface area contributed by atoms with Gasteiger partial charge in [0.2, 0.25) is 0 Å². The van der Waals surface area contributed by atoms with Crippen LogP contribution >= 0.6 is 11.6 Å². The Morgan fingerprint density at radius 2 is 2.35 bits per heavy atom. The average molecular weight is 295 g/mol. The minimum absolute atomic E-state index is 0.129. The molecule has 2 atom stereocenters. The Balaban J connectivity index is 2.13. The monoisotopic (exact) mass is 294 g/mol. The van der Waals surface area contributed by atoms with Gasteiger partial charge in [-0.1, -0.05) is 0 Å². The predicted molar refractivity (Wildman–Crippen MR) is 79.6 cm³/mol. The lowest BCUT2D eigenvalue weighted by molar-refractivity contribution is 0.0595. The van der Waals surface area contributed by atoms with E-state index in [4.69, 9.17) is 26.1 Å². The van der Waals surface area contributed by atoms with Gasteiger partial charge in [0.15, 0.2) is 0 Å². The van der Waals surface area contributed by atoms with E-state index < -0.39 is 0 Å². The van der Waals surface area contributed by atoms with Crippen LogP contribution in [0.15, 0.2) is 18.2 Å². The Morgan fingerprint density at radius 1 is 1.50 bits per heavy atom. The van der Waals surface area contributed by atoms with Crippen LogP contribution in [-0.2, 0) is 4.74 Å². The lowest BCUT2D eigenvalue weighted by Crippen LogP contribution is -2.23. The van der Waals surface area contributed by atoms with Crippen molar-refractivity contribution in [2.45, 2.75) is 31.2 Å². The van der Waals surface area contributed by atoms with Gasteiger partial charge in [-0.15, -0.1) is 11.6 Å². The molecule has 0 spiro atoms. The van der Waals surface area contributed by atoms with Crippen molar-refractivity contribution >= 4 is 22.6 Å². The van der Waals surface area contributed by atoms with Crippen molar-refractivity contribution in [2.75, 3.05) is 20.3 Å². The molecule has 1 aromatic heterocycles. The molecule has 108 valence electrons. The van der Waals surface area contributed by atoms with E-state index in [2.05, 4.69) is 10.6 Å². The molecule has 2 unspecified atom stereocenters. The fourth-order valence-electron chi connectivity index (χ4n) is 2.82. The minimum Gasteiger partial charge on any atom is -0.497 e. The van der Waals surface area contributed by atoms with Gasteiger partial charge >= 0.3 is 0 Å². The number of hydrogen-bond acceptors (Lipinski definition) is 3. The zero-order chi connectivity index (χ0) is 14.1. The molecule has 0 saturated carbocycles. The van der Waals surface area contributed by atoms with Crippen molar-refractivity contribution < 1.29 is 9.47 Å². The summed E-state index contributed by atoms with van der Waals surface area (Å²) in [6.07, 6.45) is 2.19. The van der Waals surface area contributed by atoms with Gasteiger partial charge in [0, 0.05) is 12.7 Å². The highest BCUT2D eigenvalue weighted by Gasteiger charge is 2.23. The summed E-state index contributed by atoms with van der Waals surface area (Å²) < 4.78 is 13.1. The molecule has 20 heavy (non-hydrogen) atoms. The highest BCUT2D eigenvalue weighted by Crippen LogP contribution is 2.32. The van der Waals surface area contributed by atoms with Crippen LogP contribution in [0.3, 0.4) is 0 Å².